The number of alkyl halides is 1. The smallest absolute Gasteiger partial charge is 0.0464 e. The second-order valence-electron chi connectivity index (χ2n) is 4.25. The Kier molecular flexibility index (Phi) is 6.82. The highest BCUT2D eigenvalue weighted by Gasteiger charge is 2.14. The van der Waals surface area contributed by atoms with Crippen molar-refractivity contribution in [2.45, 2.75) is 11.0 Å². The van der Waals surface area contributed by atoms with E-state index in [0.29, 0.717) is 10.3 Å². The zero-order chi connectivity index (χ0) is 14.5. The second kappa shape index (κ2) is 8.14. The molecule has 2 aromatic rings. The van der Waals surface area contributed by atoms with Crippen LogP contribution in [0, 0.1) is 0 Å². The first-order valence-corrected chi connectivity index (χ1v) is 9.68. The third kappa shape index (κ3) is 4.70. The van der Waals surface area contributed by atoms with E-state index in [4.69, 9.17) is 34.8 Å². The van der Waals surface area contributed by atoms with Crippen LogP contribution < -0.4 is 0 Å². The monoisotopic (exact) mass is 456 g/mol. The minimum absolute atomic E-state index is 0.357. The molecule has 0 spiro atoms. The Morgan fingerprint density at radius 2 is 1.60 bits per heavy atom. The second-order valence-corrected chi connectivity index (χ2v) is 7.60. The summed E-state index contributed by atoms with van der Waals surface area (Å²) in [4.78, 5) is 0. The summed E-state index contributed by atoms with van der Waals surface area (Å²) in [6, 6.07) is 13.7. The molecule has 20 heavy (non-hydrogen) atoms. The van der Waals surface area contributed by atoms with Gasteiger partial charge in [0.15, 0.2) is 0 Å². The highest BCUT2D eigenvalue weighted by molar-refractivity contribution is 14.1. The van der Waals surface area contributed by atoms with Crippen LogP contribution in [0.15, 0.2) is 42.5 Å². The van der Waals surface area contributed by atoms with Gasteiger partial charge in [0.1, 0.15) is 0 Å². The molecule has 106 valence electrons. The summed E-state index contributed by atoms with van der Waals surface area (Å²) in [6.45, 7) is 0. The maximum Gasteiger partial charge on any atom is 0.0464 e. The fourth-order valence-electron chi connectivity index (χ4n) is 1.76. The topological polar surface area (TPSA) is 0 Å². The van der Waals surface area contributed by atoms with Crippen LogP contribution in [-0.2, 0) is 5.75 Å². The molecule has 0 bridgehead atoms. The van der Waals surface area contributed by atoms with Crippen LogP contribution in [0.3, 0.4) is 0 Å². The minimum Gasteiger partial charge on any atom is -0.148 e. The number of rotatable bonds is 5. The summed E-state index contributed by atoms with van der Waals surface area (Å²) in [5, 5.41) is 2.54. The van der Waals surface area contributed by atoms with Crippen LogP contribution in [-0.4, -0.2) is 4.43 Å². The summed E-state index contributed by atoms with van der Waals surface area (Å²) >= 11 is 22.4. The van der Waals surface area contributed by atoms with Crippen molar-refractivity contribution in [2.75, 3.05) is 4.43 Å². The number of hydrogen-bond acceptors (Lipinski definition) is 1. The van der Waals surface area contributed by atoms with E-state index in [1.54, 1.807) is 6.07 Å². The molecule has 5 heteroatoms. The summed E-state index contributed by atoms with van der Waals surface area (Å²) in [6.07, 6.45) is 0. The molecule has 0 aromatic heterocycles. The van der Waals surface area contributed by atoms with Crippen molar-refractivity contribution in [3.63, 3.8) is 0 Å². The average Bonchev–Trinajstić information content (AvgIpc) is 2.43. The van der Waals surface area contributed by atoms with E-state index in [1.807, 2.05) is 36.0 Å². The third-order valence-electron chi connectivity index (χ3n) is 2.81. The molecule has 1 unspecified atom stereocenters. The molecule has 0 aliphatic rings. The van der Waals surface area contributed by atoms with Gasteiger partial charge in [-0.15, -0.1) is 11.8 Å². The molecular formula is C15H12Cl3IS. The summed E-state index contributed by atoms with van der Waals surface area (Å²) in [7, 11) is 0. The molecule has 0 aliphatic heterocycles. The van der Waals surface area contributed by atoms with Crippen LogP contribution in [0.4, 0.5) is 0 Å². The molecule has 0 heterocycles. The maximum absolute atomic E-state index is 6.29. The molecule has 0 nitrogen and oxygen atoms in total. The predicted octanol–water partition coefficient (Wildman–Crippen LogP) is 7.06. The molecule has 0 saturated heterocycles. The van der Waals surface area contributed by atoms with E-state index in [0.717, 1.165) is 25.8 Å². The van der Waals surface area contributed by atoms with Gasteiger partial charge in [0.05, 0.1) is 0 Å². The minimum atomic E-state index is 0.357. The highest BCUT2D eigenvalue weighted by Crippen LogP contribution is 2.38. The number of thioether (sulfide) groups is 1. The maximum atomic E-state index is 6.29. The van der Waals surface area contributed by atoms with E-state index in [-0.39, 0.29) is 0 Å². The zero-order valence-electron chi connectivity index (χ0n) is 10.5. The molecule has 0 aliphatic carbocycles. The van der Waals surface area contributed by atoms with Gasteiger partial charge in [0.2, 0.25) is 0 Å². The van der Waals surface area contributed by atoms with Gasteiger partial charge >= 0.3 is 0 Å². The Balaban J connectivity index is 2.07. The molecule has 2 rings (SSSR count). The Hall–Kier alpha value is 0.390. The lowest BCUT2D eigenvalue weighted by atomic mass is 10.2. The first-order chi connectivity index (χ1) is 9.60. The summed E-state index contributed by atoms with van der Waals surface area (Å²) in [5.41, 5.74) is 2.41. The first kappa shape index (κ1) is 16.8. The number of hydrogen-bond donors (Lipinski definition) is 0. The van der Waals surface area contributed by atoms with E-state index < -0.39 is 0 Å². The van der Waals surface area contributed by atoms with Gasteiger partial charge in [-0.25, -0.2) is 0 Å². The van der Waals surface area contributed by atoms with Crippen molar-refractivity contribution >= 4 is 69.2 Å². The quantitative estimate of drug-likeness (QED) is 0.342. The van der Waals surface area contributed by atoms with Gasteiger partial charge in [-0.3, -0.25) is 0 Å². The van der Waals surface area contributed by atoms with Gasteiger partial charge in [0, 0.05) is 30.5 Å². The van der Waals surface area contributed by atoms with Crippen molar-refractivity contribution < 1.29 is 0 Å². The Morgan fingerprint density at radius 3 is 2.20 bits per heavy atom. The first-order valence-electron chi connectivity index (χ1n) is 5.97. The van der Waals surface area contributed by atoms with E-state index >= 15 is 0 Å². The molecule has 0 radical (unpaired) electrons. The molecule has 0 fully saturated rings. The van der Waals surface area contributed by atoms with Crippen molar-refractivity contribution in [2.24, 2.45) is 0 Å². The van der Waals surface area contributed by atoms with Crippen LogP contribution in [0.25, 0.3) is 0 Å². The number of halogens is 4. The lowest BCUT2D eigenvalue weighted by molar-refractivity contribution is 1.13. The Labute approximate surface area is 152 Å². The molecule has 0 saturated carbocycles. The standard InChI is InChI=1S/C15H12Cl3IS/c16-11-3-1-10(2-4-11)9-20-15(8-19)13-6-5-12(17)7-14(13)18/h1-7,15H,8-9H2. The van der Waals surface area contributed by atoms with E-state index in [2.05, 4.69) is 34.7 Å². The van der Waals surface area contributed by atoms with Gasteiger partial charge in [-0.1, -0.05) is 75.6 Å². The molecule has 2 aromatic carbocycles. The average molecular weight is 458 g/mol. The normalized spacial score (nSPS) is 12.4. The SMILES string of the molecule is Clc1ccc(CSC(CI)c2ccc(Cl)cc2Cl)cc1. The summed E-state index contributed by atoms with van der Waals surface area (Å²) < 4.78 is 0.997. The van der Waals surface area contributed by atoms with Gasteiger partial charge in [-0.2, -0.15) is 0 Å². The van der Waals surface area contributed by atoms with Crippen molar-refractivity contribution in [3.05, 3.63) is 68.7 Å². The predicted molar refractivity (Wildman–Crippen MR) is 101 cm³/mol. The van der Waals surface area contributed by atoms with Crippen LogP contribution in [0.5, 0.6) is 0 Å². The van der Waals surface area contributed by atoms with Crippen molar-refractivity contribution in [1.82, 2.24) is 0 Å². The van der Waals surface area contributed by atoms with E-state index in [9.17, 15) is 0 Å². The van der Waals surface area contributed by atoms with Gasteiger partial charge in [-0.05, 0) is 35.4 Å². The van der Waals surface area contributed by atoms with Crippen molar-refractivity contribution in [1.29, 1.82) is 0 Å². The molecular weight excluding hydrogens is 445 g/mol. The highest BCUT2D eigenvalue weighted by atomic mass is 127. The van der Waals surface area contributed by atoms with Crippen LogP contribution in [0.1, 0.15) is 16.4 Å². The molecule has 0 amide bonds. The Morgan fingerprint density at radius 1 is 0.950 bits per heavy atom. The van der Waals surface area contributed by atoms with Crippen LogP contribution in [0.2, 0.25) is 15.1 Å². The third-order valence-corrected chi connectivity index (χ3v) is 6.43. The number of benzene rings is 2. The van der Waals surface area contributed by atoms with Crippen molar-refractivity contribution in [3.8, 4) is 0 Å². The fourth-order valence-corrected chi connectivity index (χ4v) is 4.79. The molecule has 0 N–H and O–H groups in total. The lowest BCUT2D eigenvalue weighted by Crippen LogP contribution is -1.97. The largest absolute Gasteiger partial charge is 0.148 e. The fraction of sp³-hybridized carbons (Fsp3) is 0.200. The van der Waals surface area contributed by atoms with E-state index in [1.165, 1.54) is 5.56 Å². The van der Waals surface area contributed by atoms with Gasteiger partial charge < -0.3 is 0 Å². The van der Waals surface area contributed by atoms with Crippen LogP contribution >= 0.6 is 69.2 Å². The molecule has 1 atom stereocenters. The van der Waals surface area contributed by atoms with Gasteiger partial charge in [0.25, 0.3) is 0 Å². The zero-order valence-corrected chi connectivity index (χ0v) is 15.7. The Bertz CT molecular complexity index is 572. The lowest BCUT2D eigenvalue weighted by Gasteiger charge is -2.16. The summed E-state index contributed by atoms with van der Waals surface area (Å²) in [5.74, 6) is 0.934.